The van der Waals surface area contributed by atoms with E-state index in [0.29, 0.717) is 5.88 Å². The van der Waals surface area contributed by atoms with Crippen LogP contribution in [-0.2, 0) is 4.79 Å². The molecule has 4 heteroatoms. The molecule has 0 radical (unpaired) electrons. The van der Waals surface area contributed by atoms with Crippen molar-refractivity contribution in [2.24, 2.45) is 0 Å². The Morgan fingerprint density at radius 3 is 2.57 bits per heavy atom. The number of anilines is 1. The summed E-state index contributed by atoms with van der Waals surface area (Å²) in [6.07, 6.45) is 0. The van der Waals surface area contributed by atoms with Gasteiger partial charge in [0.1, 0.15) is 0 Å². The lowest BCUT2D eigenvalue weighted by Crippen LogP contribution is -2.28. The molecule has 1 fully saturated rings. The Kier molecular flexibility index (Phi) is 2.48. The largest absolute Gasteiger partial charge is 0.373 e. The zero-order valence-electron chi connectivity index (χ0n) is 7.80. The van der Waals surface area contributed by atoms with E-state index in [1.165, 1.54) is 11.8 Å². The number of nitrogens with zero attached hydrogens (tertiary/aromatic N) is 1. The summed E-state index contributed by atoms with van der Waals surface area (Å²) in [6, 6.07) is 7.70. The summed E-state index contributed by atoms with van der Waals surface area (Å²) in [4.78, 5) is 13.0. The number of rotatable bonds is 1. The number of aryl methyl sites for hydroxylation is 1. The summed E-state index contributed by atoms with van der Waals surface area (Å²) in [5, 5.41) is 9.26. The van der Waals surface area contributed by atoms with Crippen molar-refractivity contribution in [3.05, 3.63) is 29.8 Å². The van der Waals surface area contributed by atoms with E-state index in [4.69, 9.17) is 0 Å². The Labute approximate surface area is 86.7 Å². The number of hydrogen-bond donors (Lipinski definition) is 1. The second kappa shape index (κ2) is 3.63. The Morgan fingerprint density at radius 2 is 2.07 bits per heavy atom. The maximum atomic E-state index is 11.4. The molecular weight excluding hydrogens is 198 g/mol. The fourth-order valence-electron chi connectivity index (χ4n) is 1.34. The number of amides is 1. The van der Waals surface area contributed by atoms with Crippen molar-refractivity contribution >= 4 is 23.4 Å². The van der Waals surface area contributed by atoms with Gasteiger partial charge in [0.15, 0.2) is 5.44 Å². The number of aliphatic hydroxyl groups excluding tert-OH is 1. The summed E-state index contributed by atoms with van der Waals surface area (Å²) >= 11 is 1.24. The molecule has 1 atom stereocenters. The van der Waals surface area contributed by atoms with Crippen LogP contribution in [0, 0.1) is 6.92 Å². The normalized spacial score (nSPS) is 21.7. The molecule has 1 amide bonds. The van der Waals surface area contributed by atoms with Gasteiger partial charge in [-0.15, -0.1) is 0 Å². The fraction of sp³-hybridized carbons (Fsp3) is 0.300. The van der Waals surface area contributed by atoms with E-state index in [-0.39, 0.29) is 5.91 Å². The predicted molar refractivity (Wildman–Crippen MR) is 57.1 cm³/mol. The maximum Gasteiger partial charge on any atom is 0.267 e. The van der Waals surface area contributed by atoms with Gasteiger partial charge in [0.25, 0.3) is 5.91 Å². The molecule has 1 saturated heterocycles. The first kappa shape index (κ1) is 9.55. The van der Waals surface area contributed by atoms with Gasteiger partial charge in [0.2, 0.25) is 0 Å². The van der Waals surface area contributed by atoms with Crippen LogP contribution in [0.2, 0.25) is 0 Å². The second-order valence-corrected chi connectivity index (χ2v) is 4.29. The van der Waals surface area contributed by atoms with Gasteiger partial charge in [0.05, 0.1) is 5.88 Å². The minimum Gasteiger partial charge on any atom is -0.373 e. The van der Waals surface area contributed by atoms with Crippen molar-refractivity contribution < 1.29 is 9.90 Å². The molecule has 0 spiro atoms. The van der Waals surface area contributed by atoms with E-state index in [9.17, 15) is 9.90 Å². The van der Waals surface area contributed by atoms with Crippen molar-refractivity contribution in [2.75, 3.05) is 10.8 Å². The van der Waals surface area contributed by atoms with Crippen molar-refractivity contribution in [2.45, 2.75) is 12.4 Å². The highest BCUT2D eigenvalue weighted by atomic mass is 32.2. The number of carbonyl (C=O) groups excluding carboxylic acids is 1. The summed E-state index contributed by atoms with van der Waals surface area (Å²) in [5.74, 6) is 0.308. The summed E-state index contributed by atoms with van der Waals surface area (Å²) in [5.41, 5.74) is 1.12. The van der Waals surface area contributed by atoms with Gasteiger partial charge in [-0.2, -0.15) is 0 Å². The Morgan fingerprint density at radius 1 is 1.43 bits per heavy atom. The highest BCUT2D eigenvalue weighted by molar-refractivity contribution is 8.01. The fourth-order valence-corrected chi connectivity index (χ4v) is 2.18. The molecule has 0 aliphatic carbocycles. The number of carbonyl (C=O) groups is 1. The number of thioether (sulfide) groups is 1. The van der Waals surface area contributed by atoms with Crippen molar-refractivity contribution in [3.63, 3.8) is 0 Å². The zero-order chi connectivity index (χ0) is 10.1. The molecule has 1 N–H and O–H groups in total. The van der Waals surface area contributed by atoms with Gasteiger partial charge in [-0.3, -0.25) is 9.69 Å². The third-order valence-corrected chi connectivity index (χ3v) is 3.11. The lowest BCUT2D eigenvalue weighted by atomic mass is 10.2. The lowest BCUT2D eigenvalue weighted by molar-refractivity contribution is -0.121. The maximum absolute atomic E-state index is 11.4. The van der Waals surface area contributed by atoms with Gasteiger partial charge in [-0.05, 0) is 19.1 Å². The van der Waals surface area contributed by atoms with E-state index in [0.717, 1.165) is 11.3 Å². The van der Waals surface area contributed by atoms with Crippen LogP contribution < -0.4 is 4.90 Å². The molecule has 1 aromatic rings. The zero-order valence-corrected chi connectivity index (χ0v) is 8.62. The third kappa shape index (κ3) is 1.63. The predicted octanol–water partition coefficient (Wildman–Crippen LogP) is 1.35. The average Bonchev–Trinajstić information content (AvgIpc) is 2.50. The summed E-state index contributed by atoms with van der Waals surface area (Å²) < 4.78 is 0. The number of aliphatic hydroxyl groups is 1. The quantitative estimate of drug-likeness (QED) is 0.759. The first-order valence-corrected chi connectivity index (χ1v) is 5.41. The highest BCUT2D eigenvalue weighted by Gasteiger charge is 2.31. The SMILES string of the molecule is Cc1ccc(N2CSC(O)C2=O)cc1. The molecular formula is C10H11NO2S. The topological polar surface area (TPSA) is 40.5 Å². The van der Waals surface area contributed by atoms with E-state index in [1.54, 1.807) is 4.90 Å². The van der Waals surface area contributed by atoms with E-state index >= 15 is 0 Å². The summed E-state index contributed by atoms with van der Waals surface area (Å²) in [6.45, 7) is 2.00. The molecule has 14 heavy (non-hydrogen) atoms. The smallest absolute Gasteiger partial charge is 0.267 e. The van der Waals surface area contributed by atoms with Crippen LogP contribution in [-0.4, -0.2) is 22.3 Å². The molecule has 1 unspecified atom stereocenters. The van der Waals surface area contributed by atoms with Gasteiger partial charge in [0, 0.05) is 5.69 Å². The van der Waals surface area contributed by atoms with E-state index in [1.807, 2.05) is 31.2 Å². The average molecular weight is 209 g/mol. The Hall–Kier alpha value is -1.00. The Balaban J connectivity index is 2.24. The van der Waals surface area contributed by atoms with Crippen LogP contribution in [0.25, 0.3) is 0 Å². The van der Waals surface area contributed by atoms with Crippen molar-refractivity contribution in [1.29, 1.82) is 0 Å². The van der Waals surface area contributed by atoms with Crippen molar-refractivity contribution in [1.82, 2.24) is 0 Å². The van der Waals surface area contributed by atoms with Gasteiger partial charge < -0.3 is 5.11 Å². The molecule has 1 aliphatic heterocycles. The van der Waals surface area contributed by atoms with Crippen LogP contribution >= 0.6 is 11.8 Å². The molecule has 1 aliphatic rings. The molecule has 2 rings (SSSR count). The number of benzene rings is 1. The van der Waals surface area contributed by atoms with Gasteiger partial charge >= 0.3 is 0 Å². The van der Waals surface area contributed by atoms with Crippen LogP contribution in [0.3, 0.4) is 0 Å². The second-order valence-electron chi connectivity index (χ2n) is 3.25. The minimum atomic E-state index is -0.892. The molecule has 3 nitrogen and oxygen atoms in total. The molecule has 74 valence electrons. The van der Waals surface area contributed by atoms with Crippen molar-refractivity contribution in [3.8, 4) is 0 Å². The minimum absolute atomic E-state index is 0.223. The van der Waals surface area contributed by atoms with E-state index < -0.39 is 5.44 Å². The van der Waals surface area contributed by atoms with Crippen LogP contribution in [0.4, 0.5) is 5.69 Å². The first-order chi connectivity index (χ1) is 6.68. The lowest BCUT2D eigenvalue weighted by Gasteiger charge is -2.14. The highest BCUT2D eigenvalue weighted by Crippen LogP contribution is 2.27. The van der Waals surface area contributed by atoms with Crippen LogP contribution in [0.5, 0.6) is 0 Å². The molecule has 0 bridgehead atoms. The molecule has 1 heterocycles. The standard InChI is InChI=1S/C10H11NO2S/c1-7-2-4-8(5-3-7)11-6-14-10(13)9(11)12/h2-5,10,13H,6H2,1H3. The monoisotopic (exact) mass is 209 g/mol. The first-order valence-electron chi connectivity index (χ1n) is 4.36. The van der Waals surface area contributed by atoms with Gasteiger partial charge in [-0.25, -0.2) is 0 Å². The third-order valence-electron chi connectivity index (χ3n) is 2.18. The summed E-state index contributed by atoms with van der Waals surface area (Å²) in [7, 11) is 0. The van der Waals surface area contributed by atoms with Crippen LogP contribution in [0.15, 0.2) is 24.3 Å². The molecule has 0 saturated carbocycles. The molecule has 0 aromatic heterocycles. The van der Waals surface area contributed by atoms with E-state index in [2.05, 4.69) is 0 Å². The van der Waals surface area contributed by atoms with Gasteiger partial charge in [-0.1, -0.05) is 29.5 Å². The Bertz CT molecular complexity index is 350. The number of hydrogen-bond acceptors (Lipinski definition) is 3. The van der Waals surface area contributed by atoms with Crippen LogP contribution in [0.1, 0.15) is 5.56 Å². The molecule has 1 aromatic carbocycles.